The second-order valence-electron chi connectivity index (χ2n) is 5.67. The Labute approximate surface area is 131 Å². The largest absolute Gasteiger partial charge is 0.378 e. The number of quaternary nitrogens is 1. The van der Waals surface area contributed by atoms with Crippen molar-refractivity contribution in [2.75, 3.05) is 37.7 Å². The van der Waals surface area contributed by atoms with Crippen molar-refractivity contribution in [1.82, 2.24) is 0 Å². The van der Waals surface area contributed by atoms with Gasteiger partial charge in [-0.1, -0.05) is 17.2 Å². The summed E-state index contributed by atoms with van der Waals surface area (Å²) in [5, 5.41) is 13.5. The number of allylic oxidation sites excluding steroid dienone is 1. The lowest BCUT2D eigenvalue weighted by Crippen LogP contribution is -2.36. The Morgan fingerprint density at radius 3 is 2.59 bits per heavy atom. The SMILES string of the molecule is CC[N+]1(Cc2ccc(N3CCOCC3)cc2)C=C(C#N)C=N1. The predicted molar refractivity (Wildman–Crippen MR) is 86.2 cm³/mol. The van der Waals surface area contributed by atoms with Gasteiger partial charge < -0.3 is 9.64 Å². The first-order valence-electron chi connectivity index (χ1n) is 7.72. The van der Waals surface area contributed by atoms with Crippen LogP contribution in [0.4, 0.5) is 5.69 Å². The van der Waals surface area contributed by atoms with Gasteiger partial charge in [0.2, 0.25) is 0 Å². The van der Waals surface area contributed by atoms with Crippen molar-refractivity contribution in [3.8, 4) is 6.07 Å². The highest BCUT2D eigenvalue weighted by atomic mass is 16.5. The van der Waals surface area contributed by atoms with E-state index in [0.717, 1.165) is 39.4 Å². The van der Waals surface area contributed by atoms with Gasteiger partial charge in [-0.25, -0.2) is 0 Å². The van der Waals surface area contributed by atoms with Crippen molar-refractivity contribution in [1.29, 1.82) is 5.26 Å². The van der Waals surface area contributed by atoms with Gasteiger partial charge >= 0.3 is 0 Å². The maximum atomic E-state index is 9.01. The van der Waals surface area contributed by atoms with Crippen LogP contribution in [0.25, 0.3) is 0 Å². The van der Waals surface area contributed by atoms with Crippen LogP contribution in [0.1, 0.15) is 12.5 Å². The molecule has 0 aliphatic carbocycles. The molecule has 3 rings (SSSR count). The van der Waals surface area contributed by atoms with E-state index in [9.17, 15) is 0 Å². The van der Waals surface area contributed by atoms with Crippen molar-refractivity contribution in [2.24, 2.45) is 5.10 Å². The molecule has 1 atom stereocenters. The van der Waals surface area contributed by atoms with Gasteiger partial charge in [0.1, 0.15) is 37.1 Å². The molecule has 1 aromatic carbocycles. The highest BCUT2D eigenvalue weighted by Crippen LogP contribution is 2.24. The van der Waals surface area contributed by atoms with Gasteiger partial charge in [0.05, 0.1) is 13.2 Å². The summed E-state index contributed by atoms with van der Waals surface area (Å²) in [6.07, 6.45) is 3.61. The molecule has 2 heterocycles. The topological polar surface area (TPSA) is 48.6 Å². The average molecular weight is 297 g/mol. The molecular formula is C17H21N4O+. The van der Waals surface area contributed by atoms with Crippen LogP contribution in [0, 0.1) is 11.3 Å². The highest BCUT2D eigenvalue weighted by Gasteiger charge is 2.28. The Morgan fingerprint density at radius 1 is 1.27 bits per heavy atom. The summed E-state index contributed by atoms with van der Waals surface area (Å²) in [4.78, 5) is 2.35. The Hall–Kier alpha value is -2.16. The summed E-state index contributed by atoms with van der Waals surface area (Å²) in [7, 11) is 0. The summed E-state index contributed by atoms with van der Waals surface area (Å²) in [5.41, 5.74) is 3.12. The predicted octanol–water partition coefficient (Wildman–Crippen LogP) is 2.27. The van der Waals surface area contributed by atoms with E-state index in [-0.39, 0.29) is 0 Å². The van der Waals surface area contributed by atoms with E-state index in [1.165, 1.54) is 11.3 Å². The number of anilines is 1. The van der Waals surface area contributed by atoms with Crippen molar-refractivity contribution in [3.63, 3.8) is 0 Å². The number of nitriles is 1. The first-order chi connectivity index (χ1) is 10.7. The summed E-state index contributed by atoms with van der Waals surface area (Å²) in [6, 6.07) is 10.8. The standard InChI is InChI=1S/C17H21N4O/c1-2-21(14-16(11-18)12-19-21)13-15-3-5-17(6-4-15)20-7-9-22-10-8-20/h3-6,12,14H,2,7-10,13H2,1H3/q+1. The molecule has 0 bridgehead atoms. The second-order valence-corrected chi connectivity index (χ2v) is 5.67. The van der Waals surface area contributed by atoms with Crippen LogP contribution < -0.4 is 4.90 Å². The molecule has 0 amide bonds. The molecule has 0 N–H and O–H groups in total. The molecule has 1 fully saturated rings. The number of nitrogens with zero attached hydrogens (tertiary/aromatic N) is 4. The van der Waals surface area contributed by atoms with Crippen LogP contribution in [0.5, 0.6) is 0 Å². The summed E-state index contributed by atoms with van der Waals surface area (Å²) < 4.78 is 5.86. The maximum Gasteiger partial charge on any atom is 0.142 e. The minimum absolute atomic E-state index is 0.472. The molecule has 5 heteroatoms. The molecule has 2 aliphatic rings. The van der Waals surface area contributed by atoms with E-state index in [0.29, 0.717) is 10.2 Å². The van der Waals surface area contributed by atoms with Gasteiger partial charge in [-0.15, -0.1) is 0 Å². The lowest BCUT2D eigenvalue weighted by Gasteiger charge is -2.29. The van der Waals surface area contributed by atoms with E-state index < -0.39 is 0 Å². The van der Waals surface area contributed by atoms with Crippen LogP contribution in [0.3, 0.4) is 0 Å². The molecule has 1 saturated heterocycles. The van der Waals surface area contributed by atoms with Crippen LogP contribution in [-0.4, -0.2) is 43.7 Å². The summed E-state index contributed by atoms with van der Waals surface area (Å²) in [6.45, 7) is 7.21. The molecular weight excluding hydrogens is 276 g/mol. The van der Waals surface area contributed by atoms with Gasteiger partial charge in [-0.3, -0.25) is 0 Å². The number of benzene rings is 1. The van der Waals surface area contributed by atoms with Crippen molar-refractivity contribution >= 4 is 11.9 Å². The Morgan fingerprint density at radius 2 is 2.00 bits per heavy atom. The van der Waals surface area contributed by atoms with E-state index in [4.69, 9.17) is 10.00 Å². The van der Waals surface area contributed by atoms with E-state index in [1.807, 2.05) is 6.20 Å². The lowest BCUT2D eigenvalue weighted by atomic mass is 10.1. The van der Waals surface area contributed by atoms with Crippen LogP contribution >= 0.6 is 0 Å². The molecule has 0 saturated carbocycles. The number of ether oxygens (including phenoxy) is 1. The normalized spacial score (nSPS) is 24.2. The third-order valence-electron chi connectivity index (χ3n) is 4.25. The number of morpholine rings is 1. The van der Waals surface area contributed by atoms with Gasteiger partial charge in [-0.05, 0) is 19.1 Å². The molecule has 5 nitrogen and oxygen atoms in total. The number of hydrogen-bond acceptors (Lipinski definition) is 4. The molecule has 114 valence electrons. The number of rotatable bonds is 4. The quantitative estimate of drug-likeness (QED) is 0.801. The first-order valence-corrected chi connectivity index (χ1v) is 7.72. The molecule has 1 unspecified atom stereocenters. The Kier molecular flexibility index (Phi) is 4.23. The van der Waals surface area contributed by atoms with E-state index in [1.54, 1.807) is 6.21 Å². The van der Waals surface area contributed by atoms with Crippen LogP contribution in [-0.2, 0) is 11.3 Å². The van der Waals surface area contributed by atoms with Gasteiger partial charge in [0.15, 0.2) is 0 Å². The van der Waals surface area contributed by atoms with Crippen molar-refractivity contribution in [3.05, 3.63) is 41.6 Å². The van der Waals surface area contributed by atoms with Crippen LogP contribution in [0.2, 0.25) is 0 Å². The molecule has 2 aliphatic heterocycles. The Bertz CT molecular complexity index is 623. The molecule has 0 aromatic heterocycles. The minimum atomic E-state index is 0.472. The van der Waals surface area contributed by atoms with Gasteiger partial charge in [-0.2, -0.15) is 9.85 Å². The number of hydrogen-bond donors (Lipinski definition) is 0. The van der Waals surface area contributed by atoms with E-state index >= 15 is 0 Å². The molecule has 22 heavy (non-hydrogen) atoms. The lowest BCUT2D eigenvalue weighted by molar-refractivity contribution is -0.895. The molecule has 1 aromatic rings. The summed E-state index contributed by atoms with van der Waals surface area (Å²) in [5.74, 6) is 0. The highest BCUT2D eigenvalue weighted by molar-refractivity contribution is 5.83. The third-order valence-corrected chi connectivity index (χ3v) is 4.25. The zero-order valence-corrected chi connectivity index (χ0v) is 12.9. The third kappa shape index (κ3) is 3.03. The smallest absolute Gasteiger partial charge is 0.142 e. The zero-order chi connectivity index (χ0) is 15.4. The fourth-order valence-electron chi connectivity index (χ4n) is 2.88. The Balaban J connectivity index is 1.72. The average Bonchev–Trinajstić information content (AvgIpc) is 3.00. The fraction of sp³-hybridized carbons (Fsp3) is 0.412. The fourth-order valence-corrected chi connectivity index (χ4v) is 2.88. The first kappa shape index (κ1) is 14.8. The molecule has 0 radical (unpaired) electrons. The summed E-state index contributed by atoms with van der Waals surface area (Å²) >= 11 is 0. The second kappa shape index (κ2) is 6.30. The van der Waals surface area contributed by atoms with Crippen LogP contribution in [0.15, 0.2) is 41.1 Å². The minimum Gasteiger partial charge on any atom is -0.378 e. The van der Waals surface area contributed by atoms with Crippen molar-refractivity contribution in [2.45, 2.75) is 13.5 Å². The van der Waals surface area contributed by atoms with E-state index in [2.05, 4.69) is 47.3 Å². The maximum absolute atomic E-state index is 9.01. The van der Waals surface area contributed by atoms with Crippen molar-refractivity contribution < 1.29 is 9.33 Å². The van der Waals surface area contributed by atoms with Gasteiger partial charge in [0, 0.05) is 24.3 Å². The molecule has 0 spiro atoms. The zero-order valence-electron chi connectivity index (χ0n) is 12.9. The monoisotopic (exact) mass is 297 g/mol. The van der Waals surface area contributed by atoms with Gasteiger partial charge in [0.25, 0.3) is 0 Å².